The summed E-state index contributed by atoms with van der Waals surface area (Å²) in [5.41, 5.74) is 0.688. The molecule has 0 bridgehead atoms. The van der Waals surface area contributed by atoms with Crippen LogP contribution in [0.5, 0.6) is 0 Å². The molecule has 0 heterocycles. The fourth-order valence-electron chi connectivity index (χ4n) is 0.670. The maximum atomic E-state index is 5.84. The van der Waals surface area contributed by atoms with Crippen molar-refractivity contribution in [2.75, 3.05) is 14.1 Å². The first-order valence-corrected chi connectivity index (χ1v) is 3.91. The number of hydrogen-bond acceptors (Lipinski definition) is 2. The second-order valence-electron chi connectivity index (χ2n) is 2.49. The normalized spacial score (nSPS) is 10.6. The van der Waals surface area contributed by atoms with E-state index in [2.05, 4.69) is 10.3 Å². The van der Waals surface area contributed by atoms with Gasteiger partial charge in [0.25, 0.3) is 0 Å². The van der Waals surface area contributed by atoms with Gasteiger partial charge in [0.1, 0.15) is 5.69 Å². The largest absolute Gasteiger partial charge is 0.285 e. The van der Waals surface area contributed by atoms with E-state index < -0.39 is 0 Å². The van der Waals surface area contributed by atoms with Crippen LogP contribution in [0.3, 0.4) is 0 Å². The van der Waals surface area contributed by atoms with E-state index in [1.54, 1.807) is 25.2 Å². The van der Waals surface area contributed by atoms with Gasteiger partial charge in [0.2, 0.25) is 0 Å². The van der Waals surface area contributed by atoms with Gasteiger partial charge in [-0.15, -0.1) is 5.11 Å². The molecule has 3 nitrogen and oxygen atoms in total. The number of rotatable bonds is 2. The first-order chi connectivity index (χ1) is 5.70. The molecule has 1 rings (SSSR count). The first kappa shape index (κ1) is 9.00. The Morgan fingerprint density at radius 3 is 2.50 bits per heavy atom. The molecule has 0 atom stereocenters. The monoisotopic (exact) mass is 183 g/mol. The van der Waals surface area contributed by atoms with Crippen LogP contribution in [-0.2, 0) is 0 Å². The summed E-state index contributed by atoms with van der Waals surface area (Å²) in [5.74, 6) is 0. The molecule has 0 fully saturated rings. The zero-order valence-electron chi connectivity index (χ0n) is 7.03. The highest BCUT2D eigenvalue weighted by molar-refractivity contribution is 6.32. The fourth-order valence-corrected chi connectivity index (χ4v) is 0.844. The predicted octanol–water partition coefficient (Wildman–Crippen LogP) is 2.90. The Labute approximate surface area is 76.6 Å². The van der Waals surface area contributed by atoms with Crippen LogP contribution in [0.25, 0.3) is 0 Å². The Morgan fingerprint density at radius 2 is 1.92 bits per heavy atom. The van der Waals surface area contributed by atoms with E-state index in [0.717, 1.165) is 0 Å². The van der Waals surface area contributed by atoms with Gasteiger partial charge in [-0.1, -0.05) is 29.0 Å². The molecule has 0 aromatic heterocycles. The average Bonchev–Trinajstić information content (AvgIpc) is 2.03. The van der Waals surface area contributed by atoms with Gasteiger partial charge >= 0.3 is 0 Å². The van der Waals surface area contributed by atoms with Gasteiger partial charge in [-0.3, -0.25) is 5.01 Å². The molecular formula is C8H10ClN3. The Hall–Kier alpha value is -1.09. The fraction of sp³-hybridized carbons (Fsp3) is 0.250. The van der Waals surface area contributed by atoms with Gasteiger partial charge in [0, 0.05) is 14.1 Å². The lowest BCUT2D eigenvalue weighted by Crippen LogP contribution is -1.98. The maximum Gasteiger partial charge on any atom is 0.106 e. The second kappa shape index (κ2) is 4.07. The number of benzene rings is 1. The Bertz CT molecular complexity index is 283. The minimum Gasteiger partial charge on any atom is -0.285 e. The standard InChI is InChI=1S/C8H10ClN3/c1-12(2)11-10-8-6-4-3-5-7(8)9/h3-6H,1-2H3. The van der Waals surface area contributed by atoms with Gasteiger partial charge in [-0.2, -0.15) is 0 Å². The van der Waals surface area contributed by atoms with Crippen LogP contribution in [0.1, 0.15) is 0 Å². The molecule has 0 saturated heterocycles. The van der Waals surface area contributed by atoms with E-state index in [4.69, 9.17) is 11.6 Å². The van der Waals surface area contributed by atoms with Gasteiger partial charge in [-0.25, -0.2) is 0 Å². The summed E-state index contributed by atoms with van der Waals surface area (Å²) < 4.78 is 0. The van der Waals surface area contributed by atoms with Crippen LogP contribution < -0.4 is 0 Å². The summed E-state index contributed by atoms with van der Waals surface area (Å²) in [4.78, 5) is 0. The van der Waals surface area contributed by atoms with Gasteiger partial charge in [0.15, 0.2) is 0 Å². The molecule has 0 aliphatic carbocycles. The topological polar surface area (TPSA) is 28.0 Å². The Kier molecular flexibility index (Phi) is 3.05. The quantitative estimate of drug-likeness (QED) is 0.512. The summed E-state index contributed by atoms with van der Waals surface area (Å²) in [6, 6.07) is 7.33. The smallest absolute Gasteiger partial charge is 0.106 e. The van der Waals surface area contributed by atoms with Crippen LogP contribution >= 0.6 is 11.6 Å². The molecule has 0 spiro atoms. The van der Waals surface area contributed by atoms with Crippen molar-refractivity contribution in [1.29, 1.82) is 0 Å². The summed E-state index contributed by atoms with van der Waals surface area (Å²) in [6.45, 7) is 0. The Balaban J connectivity index is 2.82. The third-order valence-corrected chi connectivity index (χ3v) is 1.50. The molecule has 0 radical (unpaired) electrons. The minimum atomic E-state index is 0.614. The molecule has 1 aromatic rings. The molecular weight excluding hydrogens is 174 g/mol. The lowest BCUT2D eigenvalue weighted by molar-refractivity contribution is 0.408. The third-order valence-electron chi connectivity index (χ3n) is 1.18. The molecule has 64 valence electrons. The second-order valence-corrected chi connectivity index (χ2v) is 2.90. The van der Waals surface area contributed by atoms with Crippen molar-refractivity contribution in [2.24, 2.45) is 10.3 Å². The summed E-state index contributed by atoms with van der Waals surface area (Å²) >= 11 is 5.84. The van der Waals surface area contributed by atoms with Crippen LogP contribution in [-0.4, -0.2) is 19.1 Å². The third kappa shape index (κ3) is 2.51. The van der Waals surface area contributed by atoms with Crippen molar-refractivity contribution in [1.82, 2.24) is 5.01 Å². The van der Waals surface area contributed by atoms with Crippen molar-refractivity contribution in [3.05, 3.63) is 29.3 Å². The lowest BCUT2D eigenvalue weighted by Gasteiger charge is -2.00. The number of nitrogens with zero attached hydrogens (tertiary/aromatic N) is 3. The van der Waals surface area contributed by atoms with Crippen molar-refractivity contribution >= 4 is 17.3 Å². The van der Waals surface area contributed by atoms with E-state index in [-0.39, 0.29) is 0 Å². The molecule has 0 aliphatic heterocycles. The Morgan fingerprint density at radius 1 is 1.25 bits per heavy atom. The SMILES string of the molecule is CN(C)N=Nc1ccccc1Cl. The zero-order chi connectivity index (χ0) is 8.97. The average molecular weight is 184 g/mol. The van der Waals surface area contributed by atoms with E-state index >= 15 is 0 Å². The highest BCUT2D eigenvalue weighted by Crippen LogP contribution is 2.23. The van der Waals surface area contributed by atoms with E-state index in [1.165, 1.54) is 0 Å². The molecule has 4 heteroatoms. The van der Waals surface area contributed by atoms with Crippen LogP contribution in [0.15, 0.2) is 34.6 Å². The van der Waals surface area contributed by atoms with E-state index in [1.807, 2.05) is 18.2 Å². The molecule has 0 amide bonds. The minimum absolute atomic E-state index is 0.614. The van der Waals surface area contributed by atoms with Gasteiger partial charge in [0.05, 0.1) is 5.02 Å². The summed E-state index contributed by atoms with van der Waals surface area (Å²) in [7, 11) is 3.61. The van der Waals surface area contributed by atoms with Gasteiger partial charge in [-0.05, 0) is 12.1 Å². The maximum absolute atomic E-state index is 5.84. The molecule has 0 unspecified atom stereocenters. The van der Waals surface area contributed by atoms with Crippen molar-refractivity contribution in [3.8, 4) is 0 Å². The lowest BCUT2D eigenvalue weighted by atomic mass is 10.3. The van der Waals surface area contributed by atoms with Gasteiger partial charge < -0.3 is 0 Å². The number of halogens is 1. The zero-order valence-corrected chi connectivity index (χ0v) is 7.78. The number of hydrogen-bond donors (Lipinski definition) is 0. The van der Waals surface area contributed by atoms with Crippen LogP contribution in [0.4, 0.5) is 5.69 Å². The molecule has 1 aromatic carbocycles. The molecule has 0 N–H and O–H groups in total. The highest BCUT2D eigenvalue weighted by atomic mass is 35.5. The molecule has 0 aliphatic rings. The predicted molar refractivity (Wildman–Crippen MR) is 49.7 cm³/mol. The molecule has 12 heavy (non-hydrogen) atoms. The van der Waals surface area contributed by atoms with Crippen molar-refractivity contribution in [3.63, 3.8) is 0 Å². The van der Waals surface area contributed by atoms with E-state index in [0.29, 0.717) is 10.7 Å². The van der Waals surface area contributed by atoms with Crippen LogP contribution in [0, 0.1) is 0 Å². The first-order valence-electron chi connectivity index (χ1n) is 3.53. The summed E-state index contributed by atoms with van der Waals surface area (Å²) in [6.07, 6.45) is 0. The highest BCUT2D eigenvalue weighted by Gasteiger charge is 1.94. The van der Waals surface area contributed by atoms with E-state index in [9.17, 15) is 0 Å². The van der Waals surface area contributed by atoms with Crippen LogP contribution in [0.2, 0.25) is 5.02 Å². The molecule has 0 saturated carbocycles. The summed E-state index contributed by atoms with van der Waals surface area (Å²) in [5, 5.41) is 9.98. The van der Waals surface area contributed by atoms with Crippen molar-refractivity contribution in [2.45, 2.75) is 0 Å². The van der Waals surface area contributed by atoms with Crippen molar-refractivity contribution < 1.29 is 0 Å².